The van der Waals surface area contributed by atoms with E-state index in [4.69, 9.17) is 16.3 Å². The lowest BCUT2D eigenvalue weighted by Crippen LogP contribution is -2.47. The Labute approximate surface area is 443 Å². The van der Waals surface area contributed by atoms with E-state index in [0.717, 1.165) is 129 Å². The monoisotopic (exact) mass is 1050 g/mol. The molecule has 0 aromatic heterocycles. The smallest absolute Gasteiger partial charge is 0.416 e. The molecule has 6 aliphatic heterocycles. The Morgan fingerprint density at radius 3 is 1.88 bits per heavy atom. The summed E-state index contributed by atoms with van der Waals surface area (Å²) in [5.41, 5.74) is 11.8. The van der Waals surface area contributed by atoms with Crippen molar-refractivity contribution in [3.8, 4) is 5.75 Å². The number of ether oxygens (including phenoxy) is 1. The fourth-order valence-electron chi connectivity index (χ4n) is 10.9. The molecule has 398 valence electrons. The van der Waals surface area contributed by atoms with Gasteiger partial charge in [0.25, 0.3) is 0 Å². The molecule has 75 heavy (non-hydrogen) atoms. The fraction of sp³-hybridized carbons (Fsp3) is 0.383. The van der Waals surface area contributed by atoms with Gasteiger partial charge in [0.2, 0.25) is 0 Å². The number of halogens is 6. The first kappa shape index (κ1) is 54.9. The molecule has 6 aliphatic rings. The van der Waals surface area contributed by atoms with E-state index < -0.39 is 11.7 Å². The Bertz CT molecular complexity index is 2850. The number of benzene rings is 6. The van der Waals surface area contributed by atoms with Gasteiger partial charge in [-0.3, -0.25) is 0 Å². The lowest BCUT2D eigenvalue weighted by Gasteiger charge is -2.39. The number of aromatic hydroxyl groups is 1. The van der Waals surface area contributed by atoms with Crippen LogP contribution in [0.2, 0.25) is 5.02 Å². The van der Waals surface area contributed by atoms with Gasteiger partial charge in [-0.15, -0.1) is 0 Å². The number of likely N-dealkylation sites (tertiary alicyclic amines) is 1. The number of phenolic OH excluding ortho intramolecular Hbond substituents is 1. The quantitative estimate of drug-likeness (QED) is 0.172. The van der Waals surface area contributed by atoms with Crippen molar-refractivity contribution in [3.63, 3.8) is 0 Å². The Hall–Kier alpha value is -6.35. The molecular formula is C60H68ClF5N6O3. The molecule has 1 amide bonds. The van der Waals surface area contributed by atoms with Gasteiger partial charge < -0.3 is 39.2 Å². The molecule has 0 bridgehead atoms. The van der Waals surface area contributed by atoms with E-state index in [1.165, 1.54) is 34.5 Å². The number of nitrogens with zero attached hydrogens (tertiary/aromatic N) is 6. The van der Waals surface area contributed by atoms with Crippen LogP contribution in [-0.4, -0.2) is 107 Å². The van der Waals surface area contributed by atoms with Gasteiger partial charge in [-0.2, -0.15) is 13.2 Å². The summed E-state index contributed by atoms with van der Waals surface area (Å²) < 4.78 is 69.1. The van der Waals surface area contributed by atoms with Crippen LogP contribution in [0.3, 0.4) is 0 Å². The summed E-state index contributed by atoms with van der Waals surface area (Å²) in [6, 6.07) is 35.6. The Morgan fingerprint density at radius 1 is 0.600 bits per heavy atom. The number of hydrogen-bond donors (Lipinski definition) is 1. The summed E-state index contributed by atoms with van der Waals surface area (Å²) >= 11 is 5.91. The maximum atomic E-state index is 13.8. The molecule has 0 unspecified atom stereocenters. The maximum absolute atomic E-state index is 13.8. The van der Waals surface area contributed by atoms with Crippen molar-refractivity contribution in [2.45, 2.75) is 69.8 Å². The largest absolute Gasteiger partial charge is 0.508 e. The lowest BCUT2D eigenvalue weighted by molar-refractivity contribution is -0.137. The average Bonchev–Trinajstić information content (AvgIpc) is 4.05. The zero-order chi connectivity index (χ0) is 53.4. The van der Waals surface area contributed by atoms with Crippen LogP contribution in [0.25, 0.3) is 0 Å². The molecule has 1 saturated heterocycles. The van der Waals surface area contributed by atoms with Crippen molar-refractivity contribution in [1.29, 1.82) is 0 Å². The standard InChI is InChI=1S/C21H23FN2O2.C10H12ClN.C10H10F3N.C10H12FN.C9H11NO/c1-23-15-21(18-13-17(22)7-8-19(18)23)9-11-24(12-10-21)20(25)26-14-16-5-3-2-4-6-16;1-12-5-4-8-2-3-10(11)6-9(8)7-12;1-14-5-4-7-2-3-8(6-9(7)14)10(11,12)13;1-12-5-4-8-2-3-10(11)6-9(8)7-12;1-10-6-5-7-8(10)3-2-4-9(7)11/h2-8,13H,9-12,14-15H2,1H3;2-3,6H,4-5,7H2,1H3;2-3,6H,4-5H2,1H3;2-3,6H,4-5,7H2,1H3;2-4,11H,5-6H2,1H3. The van der Waals surface area contributed by atoms with Gasteiger partial charge in [0, 0.05) is 113 Å². The molecule has 6 heterocycles. The van der Waals surface area contributed by atoms with Crippen LogP contribution >= 0.6 is 11.6 Å². The van der Waals surface area contributed by atoms with E-state index in [0.29, 0.717) is 24.5 Å². The summed E-state index contributed by atoms with van der Waals surface area (Å²) in [5.74, 6) is 0.124. The predicted molar refractivity (Wildman–Crippen MR) is 290 cm³/mol. The minimum Gasteiger partial charge on any atom is -0.508 e. The second-order valence-electron chi connectivity index (χ2n) is 20.6. The lowest BCUT2D eigenvalue weighted by atomic mass is 9.74. The number of rotatable bonds is 2. The number of hydrogen-bond acceptors (Lipinski definition) is 8. The maximum Gasteiger partial charge on any atom is 0.416 e. The molecule has 1 fully saturated rings. The first-order valence-corrected chi connectivity index (χ1v) is 26.1. The minimum atomic E-state index is -4.24. The number of alkyl halides is 3. The highest BCUT2D eigenvalue weighted by Crippen LogP contribution is 2.47. The predicted octanol–water partition coefficient (Wildman–Crippen LogP) is 12.2. The van der Waals surface area contributed by atoms with E-state index >= 15 is 0 Å². The Morgan fingerprint density at radius 2 is 1.20 bits per heavy atom. The fourth-order valence-corrected chi connectivity index (χ4v) is 11.1. The number of phenols is 1. The van der Waals surface area contributed by atoms with Gasteiger partial charge >= 0.3 is 12.3 Å². The number of amides is 1. The minimum absolute atomic E-state index is 0.0671. The number of fused-ring (bicyclic) bond motifs is 6. The molecule has 0 radical (unpaired) electrons. The molecule has 0 saturated carbocycles. The first-order chi connectivity index (χ1) is 35.9. The van der Waals surface area contributed by atoms with Crippen LogP contribution in [-0.2, 0) is 61.7 Å². The normalized spacial score (nSPS) is 17.1. The molecule has 6 aromatic carbocycles. The zero-order valence-electron chi connectivity index (χ0n) is 43.6. The van der Waals surface area contributed by atoms with Crippen LogP contribution in [0.4, 0.5) is 43.8 Å². The number of likely N-dealkylation sites (N-methyl/N-ethyl adjacent to an activating group) is 5. The van der Waals surface area contributed by atoms with Gasteiger partial charge in [-0.25, -0.2) is 13.6 Å². The summed E-state index contributed by atoms with van der Waals surface area (Å²) in [6.07, 6.45) is 1.16. The van der Waals surface area contributed by atoms with Gasteiger partial charge in [-0.05, 0) is 158 Å². The van der Waals surface area contributed by atoms with Crippen LogP contribution in [0.5, 0.6) is 5.75 Å². The molecule has 1 N–H and O–H groups in total. The van der Waals surface area contributed by atoms with Crippen molar-refractivity contribution in [3.05, 3.63) is 188 Å². The average molecular weight is 1050 g/mol. The molecule has 12 rings (SSSR count). The van der Waals surface area contributed by atoms with Crippen molar-refractivity contribution >= 4 is 34.8 Å². The van der Waals surface area contributed by atoms with Gasteiger partial charge in [-0.1, -0.05) is 66.2 Å². The van der Waals surface area contributed by atoms with E-state index in [1.807, 2.05) is 86.7 Å². The van der Waals surface area contributed by atoms with Crippen molar-refractivity contribution < 1.29 is 36.6 Å². The molecule has 9 nitrogen and oxygen atoms in total. The third-order valence-electron chi connectivity index (χ3n) is 15.2. The van der Waals surface area contributed by atoms with E-state index in [-0.39, 0.29) is 29.7 Å². The molecular weight excluding hydrogens is 983 g/mol. The van der Waals surface area contributed by atoms with Crippen LogP contribution in [0.15, 0.2) is 121 Å². The summed E-state index contributed by atoms with van der Waals surface area (Å²) in [4.78, 5) is 24.9. The number of carbonyl (C=O) groups is 1. The number of carbonyl (C=O) groups excluding carboxylic acids is 1. The highest BCUT2D eigenvalue weighted by atomic mass is 35.5. The molecule has 0 atom stereocenters. The van der Waals surface area contributed by atoms with Crippen LogP contribution < -0.4 is 14.7 Å². The summed E-state index contributed by atoms with van der Waals surface area (Å²) in [5, 5.41) is 10.3. The highest BCUT2D eigenvalue weighted by molar-refractivity contribution is 6.30. The molecule has 1 spiro atoms. The topological polar surface area (TPSA) is 66.0 Å². The van der Waals surface area contributed by atoms with Gasteiger partial charge in [0.05, 0.1) is 5.56 Å². The first-order valence-electron chi connectivity index (χ1n) is 25.7. The Kier molecular flexibility index (Phi) is 17.6. The van der Waals surface area contributed by atoms with Gasteiger partial charge in [0.1, 0.15) is 24.0 Å². The third-order valence-corrected chi connectivity index (χ3v) is 15.4. The van der Waals surface area contributed by atoms with E-state index in [1.54, 1.807) is 35.2 Å². The molecule has 15 heteroatoms. The Balaban J connectivity index is 0.000000131. The number of anilines is 3. The second kappa shape index (κ2) is 24.1. The second-order valence-corrected chi connectivity index (χ2v) is 21.0. The van der Waals surface area contributed by atoms with Crippen LogP contribution in [0.1, 0.15) is 62.9 Å². The van der Waals surface area contributed by atoms with Gasteiger partial charge in [0.15, 0.2) is 0 Å². The number of piperidine rings is 1. The third kappa shape index (κ3) is 13.7. The van der Waals surface area contributed by atoms with Crippen molar-refractivity contribution in [1.82, 2.24) is 14.7 Å². The summed E-state index contributed by atoms with van der Waals surface area (Å²) in [7, 11) is 10.1. The van der Waals surface area contributed by atoms with Crippen molar-refractivity contribution in [2.75, 3.05) is 95.8 Å². The van der Waals surface area contributed by atoms with Crippen molar-refractivity contribution in [2.24, 2.45) is 0 Å². The molecule has 6 aromatic rings. The highest BCUT2D eigenvalue weighted by Gasteiger charge is 2.45. The zero-order valence-corrected chi connectivity index (χ0v) is 44.3. The summed E-state index contributed by atoms with van der Waals surface area (Å²) in [6.45, 7) is 8.42. The van der Waals surface area contributed by atoms with Crippen LogP contribution in [0, 0.1) is 11.6 Å². The SMILES string of the molecule is CN1CC2(CCN(C(=O)OCc3ccccc3)CC2)c2cc(F)ccc21.CN1CCc2c(O)cccc21.CN1CCc2ccc(C(F)(F)F)cc21.CN1CCc2ccc(Cl)cc2C1.CN1CCc2ccc(F)cc2C1. The van der Waals surface area contributed by atoms with E-state index in [9.17, 15) is 31.9 Å². The van der Waals surface area contributed by atoms with E-state index in [2.05, 4.69) is 45.8 Å². The molecule has 0 aliphatic carbocycles.